The number of rotatable bonds is 4. The molecule has 0 spiro atoms. The van der Waals surface area contributed by atoms with Crippen LogP contribution in [0.4, 0.5) is 0 Å². The zero-order chi connectivity index (χ0) is 14.8. The number of carbonyl (C=O) groups excluding carboxylic acids is 1. The first-order chi connectivity index (χ1) is 9.45. The van der Waals surface area contributed by atoms with E-state index in [1.807, 2.05) is 25.1 Å². The number of amides is 1. The molecule has 106 valence electrons. The minimum absolute atomic E-state index is 0.0511. The Morgan fingerprint density at radius 2 is 2.30 bits per heavy atom. The molecular formula is C16H20N2O2. The van der Waals surface area contributed by atoms with Gasteiger partial charge >= 0.3 is 0 Å². The molecule has 0 saturated heterocycles. The number of hydrogen-bond acceptors (Lipinski definition) is 3. The molecule has 1 N–H and O–H groups in total. The number of nitrogens with zero attached hydrogens (tertiary/aromatic N) is 1. The molecule has 1 aromatic rings. The van der Waals surface area contributed by atoms with E-state index in [1.165, 1.54) is 5.56 Å². The van der Waals surface area contributed by atoms with E-state index in [-0.39, 0.29) is 24.0 Å². The van der Waals surface area contributed by atoms with Crippen molar-refractivity contribution in [2.45, 2.75) is 51.7 Å². The van der Waals surface area contributed by atoms with Crippen molar-refractivity contribution in [3.05, 3.63) is 29.3 Å². The number of benzene rings is 1. The van der Waals surface area contributed by atoms with E-state index >= 15 is 0 Å². The normalized spacial score (nSPS) is 16.7. The molecule has 0 bridgehead atoms. The maximum absolute atomic E-state index is 11.6. The fourth-order valence-electron chi connectivity index (χ4n) is 2.58. The number of carbonyl (C=O) groups is 1. The average Bonchev–Trinajstić information content (AvgIpc) is 2.69. The van der Waals surface area contributed by atoms with Gasteiger partial charge in [-0.25, -0.2) is 0 Å². The Hall–Kier alpha value is -2.02. The summed E-state index contributed by atoms with van der Waals surface area (Å²) in [5.74, 6) is 0.702. The molecule has 0 aliphatic carbocycles. The third kappa shape index (κ3) is 3.11. The third-order valence-electron chi connectivity index (χ3n) is 3.47. The molecule has 1 aliphatic rings. The molecule has 0 unspecified atom stereocenters. The highest BCUT2D eigenvalue weighted by Gasteiger charge is 2.30. The molecule has 1 amide bonds. The van der Waals surface area contributed by atoms with Crippen LogP contribution in [0.1, 0.15) is 50.8 Å². The van der Waals surface area contributed by atoms with E-state index in [0.717, 1.165) is 24.2 Å². The highest BCUT2D eigenvalue weighted by atomic mass is 16.5. The van der Waals surface area contributed by atoms with Gasteiger partial charge in [-0.15, -0.1) is 0 Å². The summed E-state index contributed by atoms with van der Waals surface area (Å²) in [7, 11) is 0. The van der Waals surface area contributed by atoms with Gasteiger partial charge in [0.1, 0.15) is 17.8 Å². The molecule has 0 fully saturated rings. The predicted molar refractivity (Wildman–Crippen MR) is 76.3 cm³/mol. The largest absolute Gasteiger partial charge is 0.487 e. The third-order valence-corrected chi connectivity index (χ3v) is 3.47. The number of fused-ring (bicyclic) bond motifs is 1. The number of ether oxygens (including phenoxy) is 1. The topological polar surface area (TPSA) is 62.1 Å². The molecule has 4 nitrogen and oxygen atoms in total. The second-order valence-corrected chi connectivity index (χ2v) is 5.77. The summed E-state index contributed by atoms with van der Waals surface area (Å²) in [5, 5.41) is 11.4. The Labute approximate surface area is 119 Å². The van der Waals surface area contributed by atoms with Crippen LogP contribution in [0.25, 0.3) is 0 Å². The fraction of sp³-hybridized carbons (Fsp3) is 0.500. The zero-order valence-electron chi connectivity index (χ0n) is 12.2. The highest BCUT2D eigenvalue weighted by molar-refractivity contribution is 5.78. The van der Waals surface area contributed by atoms with Crippen molar-refractivity contribution >= 4 is 5.91 Å². The Morgan fingerprint density at radius 3 is 2.95 bits per heavy atom. The highest BCUT2D eigenvalue weighted by Crippen LogP contribution is 2.36. The maximum Gasteiger partial charge on any atom is 0.234 e. The SMILES string of the molecule is CC[C@H](NC(=O)CC#N)c1ccc2c(c1)CC(C)(C)O2. The van der Waals surface area contributed by atoms with E-state index in [0.29, 0.717) is 0 Å². The van der Waals surface area contributed by atoms with Crippen LogP contribution in [0, 0.1) is 11.3 Å². The number of nitrogens with one attached hydrogen (secondary N) is 1. The van der Waals surface area contributed by atoms with Crippen LogP contribution in [-0.2, 0) is 11.2 Å². The molecule has 1 atom stereocenters. The van der Waals surface area contributed by atoms with Gasteiger partial charge in [-0.2, -0.15) is 5.26 Å². The Morgan fingerprint density at radius 1 is 1.55 bits per heavy atom. The molecule has 0 saturated carbocycles. The molecule has 4 heteroatoms. The summed E-state index contributed by atoms with van der Waals surface area (Å²) in [4.78, 5) is 11.6. The first-order valence-electron chi connectivity index (χ1n) is 6.93. The minimum atomic E-state index is -0.226. The average molecular weight is 272 g/mol. The van der Waals surface area contributed by atoms with Crippen molar-refractivity contribution in [1.29, 1.82) is 5.26 Å². The van der Waals surface area contributed by atoms with E-state index in [2.05, 4.69) is 25.2 Å². The first kappa shape index (κ1) is 14.4. The summed E-state index contributed by atoms with van der Waals surface area (Å²) in [6.07, 6.45) is 1.57. The fourth-order valence-corrected chi connectivity index (χ4v) is 2.58. The maximum atomic E-state index is 11.6. The zero-order valence-corrected chi connectivity index (χ0v) is 12.2. The van der Waals surface area contributed by atoms with Crippen LogP contribution < -0.4 is 10.1 Å². The Balaban J connectivity index is 2.17. The van der Waals surface area contributed by atoms with Crippen molar-refractivity contribution in [1.82, 2.24) is 5.32 Å². The lowest BCUT2D eigenvalue weighted by atomic mass is 9.97. The van der Waals surface area contributed by atoms with Gasteiger partial charge in [-0.05, 0) is 43.5 Å². The summed E-state index contributed by atoms with van der Waals surface area (Å²) in [5.41, 5.74) is 2.09. The smallest absolute Gasteiger partial charge is 0.234 e. The lowest BCUT2D eigenvalue weighted by Crippen LogP contribution is -2.27. The van der Waals surface area contributed by atoms with E-state index < -0.39 is 0 Å². The van der Waals surface area contributed by atoms with Crippen molar-refractivity contribution < 1.29 is 9.53 Å². The second kappa shape index (κ2) is 5.54. The lowest BCUT2D eigenvalue weighted by molar-refractivity contribution is -0.120. The molecular weight excluding hydrogens is 252 g/mol. The summed E-state index contributed by atoms with van der Waals surface area (Å²) < 4.78 is 5.85. The molecule has 2 rings (SSSR count). The van der Waals surface area contributed by atoms with E-state index in [9.17, 15) is 4.79 Å². The molecule has 0 radical (unpaired) electrons. The van der Waals surface area contributed by atoms with Crippen LogP contribution in [-0.4, -0.2) is 11.5 Å². The van der Waals surface area contributed by atoms with Gasteiger partial charge < -0.3 is 10.1 Å². The quantitative estimate of drug-likeness (QED) is 0.916. The minimum Gasteiger partial charge on any atom is -0.487 e. The van der Waals surface area contributed by atoms with Crippen molar-refractivity contribution in [3.8, 4) is 11.8 Å². The Bertz CT molecular complexity index is 558. The molecule has 20 heavy (non-hydrogen) atoms. The van der Waals surface area contributed by atoms with E-state index in [4.69, 9.17) is 10.00 Å². The summed E-state index contributed by atoms with van der Waals surface area (Å²) in [6.45, 7) is 6.16. The standard InChI is InChI=1S/C16H20N2O2/c1-4-13(18-15(19)7-8-17)11-5-6-14-12(9-11)10-16(2,3)20-14/h5-6,9,13H,4,7,10H2,1-3H3,(H,18,19)/t13-/m0/s1. The van der Waals surface area contributed by atoms with Crippen molar-refractivity contribution in [3.63, 3.8) is 0 Å². The van der Waals surface area contributed by atoms with Crippen molar-refractivity contribution in [2.24, 2.45) is 0 Å². The number of hydrogen-bond donors (Lipinski definition) is 1. The van der Waals surface area contributed by atoms with Crippen molar-refractivity contribution in [2.75, 3.05) is 0 Å². The van der Waals surface area contributed by atoms with Crippen LogP contribution in [0.15, 0.2) is 18.2 Å². The van der Waals surface area contributed by atoms with Crippen LogP contribution >= 0.6 is 0 Å². The number of nitriles is 1. The lowest BCUT2D eigenvalue weighted by Gasteiger charge is -2.17. The van der Waals surface area contributed by atoms with Gasteiger partial charge in [0.2, 0.25) is 5.91 Å². The molecule has 1 aliphatic heterocycles. The van der Waals surface area contributed by atoms with Gasteiger partial charge in [-0.1, -0.05) is 13.0 Å². The van der Waals surface area contributed by atoms with E-state index in [1.54, 1.807) is 0 Å². The van der Waals surface area contributed by atoms with Gasteiger partial charge in [0.15, 0.2) is 0 Å². The monoisotopic (exact) mass is 272 g/mol. The van der Waals surface area contributed by atoms with Crippen LogP contribution in [0.2, 0.25) is 0 Å². The van der Waals surface area contributed by atoms with Crippen LogP contribution in [0.3, 0.4) is 0 Å². The predicted octanol–water partition coefficient (Wildman–Crippen LogP) is 2.88. The summed E-state index contributed by atoms with van der Waals surface area (Å²) in [6, 6.07) is 7.88. The van der Waals surface area contributed by atoms with Gasteiger partial charge in [-0.3, -0.25) is 4.79 Å². The molecule has 0 aromatic heterocycles. The first-order valence-corrected chi connectivity index (χ1v) is 6.93. The van der Waals surface area contributed by atoms with Gasteiger partial charge in [0.25, 0.3) is 0 Å². The van der Waals surface area contributed by atoms with Gasteiger partial charge in [0.05, 0.1) is 12.1 Å². The molecule has 1 heterocycles. The Kier molecular flexibility index (Phi) is 3.99. The summed E-state index contributed by atoms with van der Waals surface area (Å²) >= 11 is 0. The second-order valence-electron chi connectivity index (χ2n) is 5.77. The van der Waals surface area contributed by atoms with Gasteiger partial charge in [0, 0.05) is 6.42 Å². The molecule has 1 aromatic carbocycles. The van der Waals surface area contributed by atoms with Crippen LogP contribution in [0.5, 0.6) is 5.75 Å².